The molecular weight excluding hydrogens is 250 g/mol. The van der Waals surface area contributed by atoms with E-state index in [4.69, 9.17) is 4.74 Å². The number of hydrogen-bond acceptors (Lipinski definition) is 3. The first-order valence-corrected chi connectivity index (χ1v) is 8.00. The van der Waals surface area contributed by atoms with E-state index in [1.807, 2.05) is 6.20 Å². The maximum Gasteiger partial charge on any atom is 0.126 e. The van der Waals surface area contributed by atoms with Crippen LogP contribution in [0.4, 0.5) is 0 Å². The fourth-order valence-corrected chi connectivity index (χ4v) is 3.43. The molecule has 4 nitrogen and oxygen atoms in total. The van der Waals surface area contributed by atoms with Crippen LogP contribution in [0.3, 0.4) is 0 Å². The van der Waals surface area contributed by atoms with Gasteiger partial charge in [-0.25, -0.2) is 4.98 Å². The summed E-state index contributed by atoms with van der Waals surface area (Å²) in [5.41, 5.74) is 0. The third kappa shape index (κ3) is 2.91. The van der Waals surface area contributed by atoms with Crippen molar-refractivity contribution in [2.24, 2.45) is 11.8 Å². The van der Waals surface area contributed by atoms with Gasteiger partial charge in [0.05, 0.1) is 18.2 Å². The smallest absolute Gasteiger partial charge is 0.126 e. The molecule has 5 atom stereocenters. The molecule has 2 heterocycles. The van der Waals surface area contributed by atoms with Crippen molar-refractivity contribution < 1.29 is 4.74 Å². The van der Waals surface area contributed by atoms with Gasteiger partial charge in [-0.1, -0.05) is 13.8 Å². The van der Waals surface area contributed by atoms with Gasteiger partial charge in [-0.3, -0.25) is 0 Å². The maximum absolute atomic E-state index is 6.04. The van der Waals surface area contributed by atoms with E-state index in [0.29, 0.717) is 17.9 Å². The summed E-state index contributed by atoms with van der Waals surface area (Å²) in [5, 5.41) is 3.71. The van der Waals surface area contributed by atoms with Crippen molar-refractivity contribution in [1.82, 2.24) is 14.9 Å². The van der Waals surface area contributed by atoms with Crippen LogP contribution in [0.2, 0.25) is 0 Å². The first-order valence-electron chi connectivity index (χ1n) is 8.00. The molecule has 5 unspecified atom stereocenters. The summed E-state index contributed by atoms with van der Waals surface area (Å²) in [7, 11) is 0. The summed E-state index contributed by atoms with van der Waals surface area (Å²) >= 11 is 0. The highest BCUT2D eigenvalue weighted by atomic mass is 16.5. The van der Waals surface area contributed by atoms with Crippen molar-refractivity contribution in [2.45, 2.75) is 65.8 Å². The van der Waals surface area contributed by atoms with E-state index < -0.39 is 0 Å². The Morgan fingerprint density at radius 3 is 2.60 bits per heavy atom. The second-order valence-electron chi connectivity index (χ2n) is 5.99. The van der Waals surface area contributed by atoms with Crippen LogP contribution < -0.4 is 5.32 Å². The fraction of sp³-hybridized carbons (Fsp3) is 0.812. The van der Waals surface area contributed by atoms with Gasteiger partial charge >= 0.3 is 0 Å². The van der Waals surface area contributed by atoms with Crippen molar-refractivity contribution in [3.63, 3.8) is 0 Å². The van der Waals surface area contributed by atoms with Crippen LogP contribution in [-0.4, -0.2) is 28.3 Å². The lowest BCUT2D eigenvalue weighted by Gasteiger charge is -2.30. The summed E-state index contributed by atoms with van der Waals surface area (Å²) in [6.07, 6.45) is 5.72. The first-order chi connectivity index (χ1) is 9.60. The minimum absolute atomic E-state index is 0.274. The molecular formula is C16H29N3O. The van der Waals surface area contributed by atoms with Crippen molar-refractivity contribution in [1.29, 1.82) is 0 Å². The van der Waals surface area contributed by atoms with E-state index >= 15 is 0 Å². The number of nitrogens with zero attached hydrogens (tertiary/aromatic N) is 2. The zero-order valence-electron chi connectivity index (χ0n) is 13.5. The Morgan fingerprint density at radius 1 is 1.30 bits per heavy atom. The largest absolute Gasteiger partial charge is 0.375 e. The van der Waals surface area contributed by atoms with Crippen molar-refractivity contribution in [3.8, 4) is 0 Å². The van der Waals surface area contributed by atoms with Crippen LogP contribution in [0.1, 0.15) is 52.9 Å². The van der Waals surface area contributed by atoms with Crippen LogP contribution >= 0.6 is 0 Å². The molecule has 0 bridgehead atoms. The maximum atomic E-state index is 6.04. The average molecular weight is 279 g/mol. The quantitative estimate of drug-likeness (QED) is 0.870. The topological polar surface area (TPSA) is 39.1 Å². The minimum Gasteiger partial charge on any atom is -0.375 e. The average Bonchev–Trinajstić information content (AvgIpc) is 2.99. The standard InChI is InChI=1S/C16H29N3O/c1-6-8-17-15(16-18-9-10-19(16)7-2)14-11(3)12(4)20-13(14)5/h9-15,17H,6-8H2,1-5H3. The van der Waals surface area contributed by atoms with Crippen molar-refractivity contribution in [2.75, 3.05) is 6.54 Å². The van der Waals surface area contributed by atoms with E-state index in [1.54, 1.807) is 0 Å². The van der Waals surface area contributed by atoms with Crippen LogP contribution in [0.25, 0.3) is 0 Å². The van der Waals surface area contributed by atoms with Gasteiger partial charge in [0.25, 0.3) is 0 Å². The fourth-order valence-electron chi connectivity index (χ4n) is 3.43. The van der Waals surface area contributed by atoms with Crippen LogP contribution in [0, 0.1) is 11.8 Å². The summed E-state index contributed by atoms with van der Waals surface area (Å²) in [5.74, 6) is 2.17. The molecule has 1 N–H and O–H groups in total. The Kier molecular flexibility index (Phi) is 5.22. The molecule has 0 spiro atoms. The Labute approximate surface area is 122 Å². The highest BCUT2D eigenvalue weighted by molar-refractivity contribution is 5.06. The van der Waals surface area contributed by atoms with Gasteiger partial charge in [-0.15, -0.1) is 0 Å². The molecule has 0 radical (unpaired) electrons. The monoisotopic (exact) mass is 279 g/mol. The third-order valence-electron chi connectivity index (χ3n) is 4.68. The zero-order chi connectivity index (χ0) is 14.7. The van der Waals surface area contributed by atoms with Gasteiger partial charge in [-0.2, -0.15) is 0 Å². The molecule has 0 saturated carbocycles. The normalized spacial score (nSPS) is 31.6. The van der Waals surface area contributed by atoms with Crippen LogP contribution in [-0.2, 0) is 11.3 Å². The third-order valence-corrected chi connectivity index (χ3v) is 4.68. The number of imidazole rings is 1. The van der Waals surface area contributed by atoms with E-state index in [0.717, 1.165) is 25.3 Å². The number of hydrogen-bond donors (Lipinski definition) is 1. The van der Waals surface area contributed by atoms with Gasteiger partial charge in [-0.05, 0) is 39.7 Å². The van der Waals surface area contributed by atoms with Gasteiger partial charge in [0.1, 0.15) is 5.82 Å². The van der Waals surface area contributed by atoms with E-state index in [1.165, 1.54) is 0 Å². The molecule has 1 saturated heterocycles. The predicted molar refractivity (Wildman–Crippen MR) is 81.6 cm³/mol. The lowest BCUT2D eigenvalue weighted by Crippen LogP contribution is -2.37. The Hall–Kier alpha value is -0.870. The summed E-state index contributed by atoms with van der Waals surface area (Å²) < 4.78 is 8.29. The van der Waals surface area contributed by atoms with E-state index in [-0.39, 0.29) is 12.1 Å². The number of rotatable bonds is 6. The Balaban J connectivity index is 2.28. The molecule has 0 aromatic carbocycles. The lowest BCUT2D eigenvalue weighted by atomic mass is 9.83. The SMILES string of the molecule is CCCNC(c1nccn1CC)C1C(C)OC(C)C1C. The number of aryl methyl sites for hydroxylation is 1. The summed E-state index contributed by atoms with van der Waals surface area (Å²) in [6, 6.07) is 0.278. The van der Waals surface area contributed by atoms with Crippen molar-refractivity contribution >= 4 is 0 Å². The van der Waals surface area contributed by atoms with Crippen LogP contribution in [0.5, 0.6) is 0 Å². The van der Waals surface area contributed by atoms with Crippen molar-refractivity contribution in [3.05, 3.63) is 18.2 Å². The molecule has 1 aromatic rings. The highest BCUT2D eigenvalue weighted by Crippen LogP contribution is 2.40. The van der Waals surface area contributed by atoms with Gasteiger partial charge in [0.2, 0.25) is 0 Å². The number of aromatic nitrogens is 2. The van der Waals surface area contributed by atoms with E-state index in [2.05, 4.69) is 55.7 Å². The summed E-state index contributed by atoms with van der Waals surface area (Å²) in [6.45, 7) is 13.0. The molecule has 2 rings (SSSR count). The molecule has 114 valence electrons. The Bertz CT molecular complexity index is 418. The number of nitrogens with one attached hydrogen (secondary N) is 1. The van der Waals surface area contributed by atoms with Gasteiger partial charge in [0.15, 0.2) is 0 Å². The van der Waals surface area contributed by atoms with E-state index in [9.17, 15) is 0 Å². The Morgan fingerprint density at radius 2 is 2.05 bits per heavy atom. The molecule has 1 fully saturated rings. The molecule has 1 aromatic heterocycles. The predicted octanol–water partition coefficient (Wildman–Crippen LogP) is 3.00. The highest BCUT2D eigenvalue weighted by Gasteiger charge is 2.43. The second-order valence-corrected chi connectivity index (χ2v) is 5.99. The molecule has 1 aliphatic heterocycles. The lowest BCUT2D eigenvalue weighted by molar-refractivity contribution is 0.0470. The zero-order valence-corrected chi connectivity index (χ0v) is 13.5. The molecule has 1 aliphatic rings. The molecule has 0 aliphatic carbocycles. The van der Waals surface area contributed by atoms with Gasteiger partial charge < -0.3 is 14.6 Å². The molecule has 4 heteroatoms. The minimum atomic E-state index is 0.274. The first kappa shape index (κ1) is 15.5. The molecule has 0 amide bonds. The molecule has 20 heavy (non-hydrogen) atoms. The number of ether oxygens (including phenoxy) is 1. The summed E-state index contributed by atoms with van der Waals surface area (Å²) in [4.78, 5) is 4.62. The van der Waals surface area contributed by atoms with Gasteiger partial charge in [0, 0.05) is 24.9 Å². The van der Waals surface area contributed by atoms with Crippen LogP contribution in [0.15, 0.2) is 12.4 Å². The second kappa shape index (κ2) is 6.72.